The molecule has 0 aliphatic carbocycles. The molecular formula is C21H19N5S. The van der Waals surface area contributed by atoms with Gasteiger partial charge < -0.3 is 0 Å². The largest absolute Gasteiger partial charge is 0.298 e. The van der Waals surface area contributed by atoms with Gasteiger partial charge in [-0.3, -0.25) is 14.5 Å². The van der Waals surface area contributed by atoms with Crippen LogP contribution in [0.1, 0.15) is 11.1 Å². The molecule has 4 rings (SSSR count). The molecule has 0 spiro atoms. The second-order valence-electron chi connectivity index (χ2n) is 6.07. The monoisotopic (exact) mass is 373 g/mol. The topological polar surface area (TPSA) is 56.5 Å². The number of aryl methyl sites for hydroxylation is 1. The lowest BCUT2D eigenvalue weighted by Crippen LogP contribution is -2.04. The molecule has 5 nitrogen and oxygen atoms in total. The molecule has 134 valence electrons. The highest BCUT2D eigenvalue weighted by Gasteiger charge is 2.15. The van der Waals surface area contributed by atoms with Crippen molar-refractivity contribution in [3.63, 3.8) is 0 Å². The molecule has 0 saturated heterocycles. The Morgan fingerprint density at radius 1 is 0.778 bits per heavy atom. The summed E-state index contributed by atoms with van der Waals surface area (Å²) in [4.78, 5) is 8.30. The molecule has 3 aromatic heterocycles. The Labute approximate surface area is 162 Å². The van der Waals surface area contributed by atoms with Crippen molar-refractivity contribution in [1.29, 1.82) is 0 Å². The van der Waals surface area contributed by atoms with Gasteiger partial charge in [-0.15, -0.1) is 10.2 Å². The minimum Gasteiger partial charge on any atom is -0.298 e. The number of hydrogen-bond acceptors (Lipinski definition) is 5. The van der Waals surface area contributed by atoms with Gasteiger partial charge in [0.05, 0.1) is 6.54 Å². The van der Waals surface area contributed by atoms with Crippen molar-refractivity contribution in [2.24, 2.45) is 0 Å². The number of pyridine rings is 2. The molecule has 0 aliphatic rings. The quantitative estimate of drug-likeness (QED) is 0.456. The van der Waals surface area contributed by atoms with Crippen LogP contribution in [0, 0.1) is 0 Å². The van der Waals surface area contributed by atoms with E-state index in [-0.39, 0.29) is 0 Å². The van der Waals surface area contributed by atoms with Gasteiger partial charge in [0.25, 0.3) is 0 Å². The first-order chi connectivity index (χ1) is 13.4. The van der Waals surface area contributed by atoms with Gasteiger partial charge in [0.15, 0.2) is 11.0 Å². The lowest BCUT2D eigenvalue weighted by atomic mass is 10.2. The average molecular weight is 373 g/mol. The minimum atomic E-state index is 0.732. The number of benzene rings is 1. The van der Waals surface area contributed by atoms with Crippen molar-refractivity contribution in [1.82, 2.24) is 24.7 Å². The van der Waals surface area contributed by atoms with E-state index in [0.717, 1.165) is 35.3 Å². The van der Waals surface area contributed by atoms with Crippen LogP contribution in [0.3, 0.4) is 0 Å². The Balaban J connectivity index is 1.57. The summed E-state index contributed by atoms with van der Waals surface area (Å²) in [5.74, 6) is 1.78. The minimum absolute atomic E-state index is 0.732. The van der Waals surface area contributed by atoms with E-state index in [1.54, 1.807) is 18.0 Å². The molecule has 0 N–H and O–H groups in total. The standard InChI is InChI=1S/C21H19N5S/c1-2-5-18(6-3-1)16-26-20(19-7-4-11-23-15-19)24-25-21(26)27-14-10-17-8-12-22-13-9-17/h1-9,11-13,15H,10,14,16H2. The summed E-state index contributed by atoms with van der Waals surface area (Å²) >= 11 is 1.73. The van der Waals surface area contributed by atoms with Gasteiger partial charge in [-0.25, -0.2) is 0 Å². The van der Waals surface area contributed by atoms with Crippen LogP contribution in [0.25, 0.3) is 11.4 Å². The molecule has 0 bridgehead atoms. The summed E-state index contributed by atoms with van der Waals surface area (Å²) in [7, 11) is 0. The number of hydrogen-bond donors (Lipinski definition) is 0. The second kappa shape index (κ2) is 8.60. The molecule has 0 unspecified atom stereocenters. The molecule has 3 heterocycles. The summed E-state index contributed by atoms with van der Waals surface area (Å²) < 4.78 is 2.17. The molecule has 0 amide bonds. The van der Waals surface area contributed by atoms with Crippen molar-refractivity contribution >= 4 is 11.8 Å². The van der Waals surface area contributed by atoms with Gasteiger partial charge in [-0.2, -0.15) is 0 Å². The van der Waals surface area contributed by atoms with Gasteiger partial charge in [0.1, 0.15) is 0 Å². The molecule has 6 heteroatoms. The van der Waals surface area contributed by atoms with Crippen LogP contribution in [0.15, 0.2) is 84.5 Å². The summed E-state index contributed by atoms with van der Waals surface area (Å²) in [5.41, 5.74) is 3.47. The highest BCUT2D eigenvalue weighted by Crippen LogP contribution is 2.25. The molecule has 4 aromatic rings. The molecule has 0 atom stereocenters. The van der Waals surface area contributed by atoms with E-state index in [4.69, 9.17) is 0 Å². The van der Waals surface area contributed by atoms with E-state index in [1.807, 2.05) is 36.8 Å². The van der Waals surface area contributed by atoms with Crippen LogP contribution in [0.2, 0.25) is 0 Å². The van der Waals surface area contributed by atoms with Crippen LogP contribution in [0.5, 0.6) is 0 Å². The first-order valence-corrected chi connectivity index (χ1v) is 9.78. The van der Waals surface area contributed by atoms with Crippen LogP contribution in [0.4, 0.5) is 0 Å². The number of nitrogens with zero attached hydrogens (tertiary/aromatic N) is 5. The van der Waals surface area contributed by atoms with E-state index < -0.39 is 0 Å². The lowest BCUT2D eigenvalue weighted by Gasteiger charge is -2.10. The zero-order valence-corrected chi connectivity index (χ0v) is 15.6. The number of aromatic nitrogens is 5. The fraction of sp³-hybridized carbons (Fsp3) is 0.143. The highest BCUT2D eigenvalue weighted by molar-refractivity contribution is 7.99. The number of thioether (sulfide) groups is 1. The fourth-order valence-corrected chi connectivity index (χ4v) is 3.75. The van der Waals surface area contributed by atoms with Crippen molar-refractivity contribution in [2.75, 3.05) is 5.75 Å². The van der Waals surface area contributed by atoms with Crippen LogP contribution < -0.4 is 0 Å². The SMILES string of the molecule is c1ccc(Cn2c(SCCc3ccncc3)nnc2-c2cccnc2)cc1. The van der Waals surface area contributed by atoms with Gasteiger partial charge in [-0.1, -0.05) is 42.1 Å². The number of rotatable bonds is 7. The van der Waals surface area contributed by atoms with Crippen molar-refractivity contribution in [3.05, 3.63) is 90.5 Å². The summed E-state index contributed by atoms with van der Waals surface area (Å²) in [6, 6.07) is 18.4. The highest BCUT2D eigenvalue weighted by atomic mass is 32.2. The average Bonchev–Trinajstić information content (AvgIpc) is 3.13. The molecule has 27 heavy (non-hydrogen) atoms. The maximum atomic E-state index is 4.46. The zero-order chi connectivity index (χ0) is 18.3. The third kappa shape index (κ3) is 4.41. The molecule has 0 aliphatic heterocycles. The lowest BCUT2D eigenvalue weighted by molar-refractivity contribution is 0.714. The van der Waals surface area contributed by atoms with Gasteiger partial charge in [-0.05, 0) is 41.8 Å². The third-order valence-electron chi connectivity index (χ3n) is 4.19. The Hall–Kier alpha value is -2.99. The molecule has 1 aromatic carbocycles. The maximum Gasteiger partial charge on any atom is 0.191 e. The van der Waals surface area contributed by atoms with E-state index in [1.165, 1.54) is 11.1 Å². The molecule has 0 radical (unpaired) electrons. The summed E-state index contributed by atoms with van der Waals surface area (Å²) in [6.07, 6.45) is 8.23. The Kier molecular flexibility index (Phi) is 5.55. The van der Waals surface area contributed by atoms with Gasteiger partial charge in [0, 0.05) is 36.1 Å². The fourth-order valence-electron chi connectivity index (χ4n) is 2.82. The van der Waals surface area contributed by atoms with Gasteiger partial charge in [0.2, 0.25) is 0 Å². The summed E-state index contributed by atoms with van der Waals surface area (Å²) in [5, 5.41) is 9.83. The van der Waals surface area contributed by atoms with Crippen molar-refractivity contribution < 1.29 is 0 Å². The Morgan fingerprint density at radius 2 is 1.63 bits per heavy atom. The smallest absolute Gasteiger partial charge is 0.191 e. The molecular weight excluding hydrogens is 354 g/mol. The zero-order valence-electron chi connectivity index (χ0n) is 14.8. The van der Waals surface area contributed by atoms with Crippen LogP contribution in [-0.2, 0) is 13.0 Å². The van der Waals surface area contributed by atoms with Crippen molar-refractivity contribution in [2.45, 2.75) is 18.1 Å². The molecule has 0 fully saturated rings. The first-order valence-electron chi connectivity index (χ1n) is 8.79. The Bertz CT molecular complexity index is 971. The van der Waals surface area contributed by atoms with E-state index >= 15 is 0 Å². The second-order valence-corrected chi connectivity index (χ2v) is 7.14. The van der Waals surface area contributed by atoms with Crippen LogP contribution >= 0.6 is 11.8 Å². The van der Waals surface area contributed by atoms with E-state index in [0.29, 0.717) is 0 Å². The predicted molar refractivity (Wildman–Crippen MR) is 107 cm³/mol. The predicted octanol–water partition coefficient (Wildman–Crippen LogP) is 4.12. The third-order valence-corrected chi connectivity index (χ3v) is 5.16. The van der Waals surface area contributed by atoms with Gasteiger partial charge >= 0.3 is 0 Å². The normalized spacial score (nSPS) is 10.8. The molecule has 0 saturated carbocycles. The summed E-state index contributed by atoms with van der Waals surface area (Å²) in [6.45, 7) is 0.732. The van der Waals surface area contributed by atoms with Crippen LogP contribution in [-0.4, -0.2) is 30.5 Å². The Morgan fingerprint density at radius 3 is 2.41 bits per heavy atom. The van der Waals surface area contributed by atoms with Crippen molar-refractivity contribution in [3.8, 4) is 11.4 Å². The van der Waals surface area contributed by atoms with E-state index in [9.17, 15) is 0 Å². The maximum absolute atomic E-state index is 4.46. The van der Waals surface area contributed by atoms with E-state index in [2.05, 4.69) is 61.1 Å². The first kappa shape index (κ1) is 17.4.